The summed E-state index contributed by atoms with van der Waals surface area (Å²) in [6, 6.07) is 13.8. The highest BCUT2D eigenvalue weighted by atomic mass is 32.2. The minimum Gasteiger partial charge on any atom is -0.348 e. The lowest BCUT2D eigenvalue weighted by atomic mass is 10.1. The van der Waals surface area contributed by atoms with Gasteiger partial charge in [-0.25, -0.2) is 21.1 Å². The van der Waals surface area contributed by atoms with Crippen LogP contribution in [-0.2, 0) is 20.0 Å². The molecule has 10 heteroatoms. The average Bonchev–Trinajstić information content (AvgIpc) is 2.68. The Balaban J connectivity index is 1.63. The molecule has 0 saturated carbocycles. The monoisotopic (exact) mass is 437 g/mol. The summed E-state index contributed by atoms with van der Waals surface area (Å²) in [6.07, 6.45) is 2.54. The van der Waals surface area contributed by atoms with Crippen molar-refractivity contribution in [2.45, 2.75) is 23.8 Å². The van der Waals surface area contributed by atoms with Crippen LogP contribution in [0.1, 0.15) is 23.2 Å². The molecule has 0 aromatic heterocycles. The van der Waals surface area contributed by atoms with Crippen LogP contribution in [0.25, 0.3) is 0 Å². The standard InChI is InChI=1S/C19H23N3O5S2/c1-28(24,25)22-13-5-6-17(14-22)20-19(23)15-9-11-16(12-10-15)21-29(26,27)18-7-3-2-4-8-18/h2-4,7-12,17,21H,5-6,13-14H2,1H3,(H,20,23). The molecule has 0 bridgehead atoms. The number of amides is 1. The molecule has 1 saturated heterocycles. The van der Waals surface area contributed by atoms with Crippen LogP contribution in [0.4, 0.5) is 5.69 Å². The van der Waals surface area contributed by atoms with Crippen molar-refractivity contribution in [2.24, 2.45) is 0 Å². The number of rotatable bonds is 6. The molecule has 1 amide bonds. The fourth-order valence-corrected chi connectivity index (χ4v) is 5.12. The predicted molar refractivity (Wildman–Crippen MR) is 111 cm³/mol. The fourth-order valence-electron chi connectivity index (χ4n) is 3.13. The first-order valence-corrected chi connectivity index (χ1v) is 12.4. The van der Waals surface area contributed by atoms with Gasteiger partial charge in [0.05, 0.1) is 11.2 Å². The Morgan fingerprint density at radius 1 is 1.00 bits per heavy atom. The summed E-state index contributed by atoms with van der Waals surface area (Å²) in [6.45, 7) is 0.709. The first kappa shape index (κ1) is 21.3. The van der Waals surface area contributed by atoms with Crippen molar-refractivity contribution in [1.82, 2.24) is 9.62 Å². The third kappa shape index (κ3) is 5.55. The fraction of sp³-hybridized carbons (Fsp3) is 0.316. The topological polar surface area (TPSA) is 113 Å². The van der Waals surface area contributed by atoms with E-state index < -0.39 is 20.0 Å². The molecular weight excluding hydrogens is 414 g/mol. The molecule has 3 rings (SSSR count). The molecule has 8 nitrogen and oxygen atoms in total. The molecule has 0 radical (unpaired) electrons. The highest BCUT2D eigenvalue weighted by Gasteiger charge is 2.27. The number of hydrogen-bond donors (Lipinski definition) is 2. The summed E-state index contributed by atoms with van der Waals surface area (Å²) in [5.41, 5.74) is 0.704. The third-order valence-corrected chi connectivity index (χ3v) is 7.31. The largest absolute Gasteiger partial charge is 0.348 e. The SMILES string of the molecule is CS(=O)(=O)N1CCCC(NC(=O)c2ccc(NS(=O)(=O)c3ccccc3)cc2)C1. The Morgan fingerprint density at radius 3 is 2.28 bits per heavy atom. The summed E-state index contributed by atoms with van der Waals surface area (Å²) in [4.78, 5) is 12.6. The molecule has 0 spiro atoms. The summed E-state index contributed by atoms with van der Waals surface area (Å²) in [7, 11) is -6.99. The second-order valence-corrected chi connectivity index (χ2v) is 10.6. The van der Waals surface area contributed by atoms with Crippen molar-refractivity contribution in [2.75, 3.05) is 24.1 Å². The Kier molecular flexibility index (Phi) is 6.25. The normalized spacial score (nSPS) is 18.2. The number of benzene rings is 2. The van der Waals surface area contributed by atoms with Gasteiger partial charge < -0.3 is 5.32 Å². The average molecular weight is 438 g/mol. The Morgan fingerprint density at radius 2 is 1.66 bits per heavy atom. The molecule has 1 aliphatic rings. The zero-order valence-electron chi connectivity index (χ0n) is 15.9. The van der Waals surface area contributed by atoms with Gasteiger partial charge in [0.1, 0.15) is 0 Å². The Labute approximate surface area is 171 Å². The molecule has 156 valence electrons. The van der Waals surface area contributed by atoms with Crippen LogP contribution in [0.2, 0.25) is 0 Å². The van der Waals surface area contributed by atoms with Gasteiger partial charge in [-0.2, -0.15) is 0 Å². The lowest BCUT2D eigenvalue weighted by molar-refractivity contribution is 0.0921. The molecule has 1 heterocycles. The molecule has 2 N–H and O–H groups in total. The van der Waals surface area contributed by atoms with Crippen LogP contribution >= 0.6 is 0 Å². The van der Waals surface area contributed by atoms with Gasteiger partial charge in [-0.3, -0.25) is 9.52 Å². The van der Waals surface area contributed by atoms with Gasteiger partial charge in [-0.05, 0) is 49.2 Å². The predicted octanol–water partition coefficient (Wildman–Crippen LogP) is 1.64. The number of hydrogen-bond acceptors (Lipinski definition) is 5. The maximum absolute atomic E-state index is 12.5. The lowest BCUT2D eigenvalue weighted by Crippen LogP contribution is -2.49. The van der Waals surface area contributed by atoms with E-state index in [9.17, 15) is 21.6 Å². The van der Waals surface area contributed by atoms with Crippen molar-refractivity contribution in [3.8, 4) is 0 Å². The molecule has 2 aromatic carbocycles. The van der Waals surface area contributed by atoms with E-state index in [2.05, 4.69) is 10.0 Å². The van der Waals surface area contributed by atoms with Crippen LogP contribution in [0.5, 0.6) is 0 Å². The van der Waals surface area contributed by atoms with Crippen molar-refractivity contribution >= 4 is 31.6 Å². The zero-order chi connectivity index (χ0) is 21.1. The van der Waals surface area contributed by atoms with Crippen LogP contribution in [0.15, 0.2) is 59.5 Å². The smallest absolute Gasteiger partial charge is 0.261 e. The molecule has 0 aliphatic carbocycles. The maximum atomic E-state index is 12.5. The van der Waals surface area contributed by atoms with E-state index in [0.717, 1.165) is 6.26 Å². The van der Waals surface area contributed by atoms with Crippen LogP contribution < -0.4 is 10.0 Å². The van der Waals surface area contributed by atoms with E-state index in [1.54, 1.807) is 18.2 Å². The third-order valence-electron chi connectivity index (χ3n) is 4.64. The Bertz CT molecular complexity index is 1070. The second kappa shape index (κ2) is 8.52. The molecule has 1 unspecified atom stereocenters. The number of sulfonamides is 2. The molecular formula is C19H23N3O5S2. The van der Waals surface area contributed by atoms with E-state index >= 15 is 0 Å². The number of anilines is 1. The summed E-state index contributed by atoms with van der Waals surface area (Å²) in [5, 5.41) is 2.85. The Hall–Kier alpha value is -2.43. The number of piperidine rings is 1. The van der Waals surface area contributed by atoms with Crippen molar-refractivity contribution in [3.63, 3.8) is 0 Å². The highest BCUT2D eigenvalue weighted by molar-refractivity contribution is 7.92. The van der Waals surface area contributed by atoms with Gasteiger partial charge in [0.2, 0.25) is 10.0 Å². The van der Waals surface area contributed by atoms with Crippen molar-refractivity contribution in [3.05, 3.63) is 60.2 Å². The van der Waals surface area contributed by atoms with E-state index in [-0.39, 0.29) is 23.4 Å². The number of nitrogens with zero attached hydrogens (tertiary/aromatic N) is 1. The van der Waals surface area contributed by atoms with Crippen LogP contribution in [-0.4, -0.2) is 52.4 Å². The number of carbonyl (C=O) groups is 1. The number of nitrogens with one attached hydrogen (secondary N) is 2. The molecule has 29 heavy (non-hydrogen) atoms. The minimum atomic E-state index is -3.70. The summed E-state index contributed by atoms with van der Waals surface area (Å²) < 4.78 is 51.9. The molecule has 2 aromatic rings. The van der Waals surface area contributed by atoms with Gasteiger partial charge in [-0.1, -0.05) is 18.2 Å². The molecule has 1 atom stereocenters. The van der Waals surface area contributed by atoms with Gasteiger partial charge in [0.15, 0.2) is 0 Å². The van der Waals surface area contributed by atoms with Gasteiger partial charge >= 0.3 is 0 Å². The molecule has 1 fully saturated rings. The maximum Gasteiger partial charge on any atom is 0.261 e. The summed E-state index contributed by atoms with van der Waals surface area (Å²) in [5.74, 6) is -0.331. The first-order valence-electron chi connectivity index (χ1n) is 9.09. The van der Waals surface area contributed by atoms with Gasteiger partial charge in [-0.15, -0.1) is 0 Å². The van der Waals surface area contributed by atoms with Gasteiger partial charge in [0.25, 0.3) is 15.9 Å². The van der Waals surface area contributed by atoms with E-state index in [1.807, 2.05) is 0 Å². The van der Waals surface area contributed by atoms with E-state index in [1.165, 1.54) is 40.7 Å². The van der Waals surface area contributed by atoms with E-state index in [4.69, 9.17) is 0 Å². The number of carbonyl (C=O) groups excluding carboxylic acids is 1. The second-order valence-electron chi connectivity index (χ2n) is 6.93. The van der Waals surface area contributed by atoms with E-state index in [0.29, 0.717) is 30.6 Å². The zero-order valence-corrected chi connectivity index (χ0v) is 17.5. The van der Waals surface area contributed by atoms with Crippen molar-refractivity contribution in [1.29, 1.82) is 0 Å². The first-order chi connectivity index (χ1) is 13.6. The summed E-state index contributed by atoms with van der Waals surface area (Å²) >= 11 is 0. The van der Waals surface area contributed by atoms with Crippen molar-refractivity contribution < 1.29 is 21.6 Å². The minimum absolute atomic E-state index is 0.148. The molecule has 1 aliphatic heterocycles. The van der Waals surface area contributed by atoms with Crippen LogP contribution in [0.3, 0.4) is 0 Å². The van der Waals surface area contributed by atoms with Gasteiger partial charge in [0, 0.05) is 30.4 Å². The quantitative estimate of drug-likeness (QED) is 0.713. The highest BCUT2D eigenvalue weighted by Crippen LogP contribution is 2.17. The lowest BCUT2D eigenvalue weighted by Gasteiger charge is -2.31. The van der Waals surface area contributed by atoms with Crippen LogP contribution in [0, 0.1) is 0 Å².